The van der Waals surface area contributed by atoms with Crippen molar-refractivity contribution >= 4 is 5.91 Å². The molecular formula is C20H20FN3O2. The van der Waals surface area contributed by atoms with Crippen LogP contribution in [0, 0.1) is 5.82 Å². The molecule has 0 radical (unpaired) electrons. The van der Waals surface area contributed by atoms with E-state index in [1.807, 2.05) is 42.1 Å². The maximum Gasteiger partial charge on any atom is 0.225 e. The Labute approximate surface area is 151 Å². The molecule has 3 aromatic rings. The molecule has 3 rings (SSSR count). The second kappa shape index (κ2) is 7.82. The first-order valence-corrected chi connectivity index (χ1v) is 8.22. The van der Waals surface area contributed by atoms with Crippen LogP contribution >= 0.6 is 0 Å². The van der Waals surface area contributed by atoms with Crippen LogP contribution in [0.1, 0.15) is 23.0 Å². The number of amides is 1. The third kappa shape index (κ3) is 3.91. The van der Waals surface area contributed by atoms with E-state index in [2.05, 4.69) is 10.3 Å². The first kappa shape index (κ1) is 17.7. The molecule has 0 bridgehead atoms. The molecule has 1 heterocycles. The first-order valence-electron chi connectivity index (χ1n) is 8.22. The molecule has 0 saturated carbocycles. The SMILES string of the molecule is COc1ccc([C@@H](NC(=O)Cc2ccccc2F)c2nccn2C)cc1. The highest BCUT2D eigenvalue weighted by Crippen LogP contribution is 2.23. The molecule has 0 aliphatic rings. The van der Waals surface area contributed by atoms with Crippen LogP contribution in [0.25, 0.3) is 0 Å². The van der Waals surface area contributed by atoms with Gasteiger partial charge in [0.15, 0.2) is 0 Å². The quantitative estimate of drug-likeness (QED) is 0.741. The van der Waals surface area contributed by atoms with E-state index in [0.717, 1.165) is 11.3 Å². The molecular weight excluding hydrogens is 333 g/mol. The standard InChI is InChI=1S/C20H20FN3O2/c1-24-12-11-22-20(24)19(14-7-9-16(26-2)10-8-14)23-18(25)13-15-5-3-4-6-17(15)21/h3-12,19H,13H2,1-2H3,(H,23,25)/t19-/m1/s1. The normalized spacial score (nSPS) is 11.8. The van der Waals surface area contributed by atoms with Crippen molar-refractivity contribution in [2.75, 3.05) is 7.11 Å². The van der Waals surface area contributed by atoms with Crippen LogP contribution in [0.3, 0.4) is 0 Å². The molecule has 1 N–H and O–H groups in total. The summed E-state index contributed by atoms with van der Waals surface area (Å²) in [5.74, 6) is 0.752. The molecule has 1 amide bonds. The minimum Gasteiger partial charge on any atom is -0.497 e. The highest BCUT2D eigenvalue weighted by molar-refractivity contribution is 5.79. The number of aryl methyl sites for hydroxylation is 1. The number of rotatable bonds is 6. The summed E-state index contributed by atoms with van der Waals surface area (Å²) >= 11 is 0. The second-order valence-electron chi connectivity index (χ2n) is 5.94. The van der Waals surface area contributed by atoms with Crippen molar-refractivity contribution in [2.45, 2.75) is 12.5 Å². The number of carbonyl (C=O) groups excluding carboxylic acids is 1. The summed E-state index contributed by atoms with van der Waals surface area (Å²) in [5.41, 5.74) is 1.22. The van der Waals surface area contributed by atoms with Gasteiger partial charge in [0, 0.05) is 19.4 Å². The number of methoxy groups -OCH3 is 1. The van der Waals surface area contributed by atoms with E-state index in [4.69, 9.17) is 4.74 Å². The van der Waals surface area contributed by atoms with Gasteiger partial charge in [0.25, 0.3) is 0 Å². The summed E-state index contributed by atoms with van der Waals surface area (Å²) < 4.78 is 20.9. The average Bonchev–Trinajstić information content (AvgIpc) is 3.07. The van der Waals surface area contributed by atoms with Gasteiger partial charge in [-0.25, -0.2) is 9.37 Å². The van der Waals surface area contributed by atoms with Gasteiger partial charge in [-0.2, -0.15) is 0 Å². The lowest BCUT2D eigenvalue weighted by Gasteiger charge is -2.19. The Morgan fingerprint density at radius 1 is 1.23 bits per heavy atom. The van der Waals surface area contributed by atoms with E-state index in [1.54, 1.807) is 31.5 Å². The topological polar surface area (TPSA) is 56.1 Å². The van der Waals surface area contributed by atoms with Crippen molar-refractivity contribution in [3.63, 3.8) is 0 Å². The highest BCUT2D eigenvalue weighted by atomic mass is 19.1. The summed E-state index contributed by atoms with van der Waals surface area (Å²) in [6.07, 6.45) is 3.45. The summed E-state index contributed by atoms with van der Waals surface area (Å²) in [7, 11) is 3.46. The molecule has 134 valence electrons. The molecule has 0 unspecified atom stereocenters. The number of ether oxygens (including phenoxy) is 1. The van der Waals surface area contributed by atoms with E-state index < -0.39 is 6.04 Å². The van der Waals surface area contributed by atoms with Gasteiger partial charge in [-0.05, 0) is 29.3 Å². The van der Waals surface area contributed by atoms with Crippen LogP contribution in [-0.4, -0.2) is 22.6 Å². The lowest BCUT2D eigenvalue weighted by atomic mass is 10.0. The van der Waals surface area contributed by atoms with E-state index >= 15 is 0 Å². The highest BCUT2D eigenvalue weighted by Gasteiger charge is 2.21. The number of carbonyl (C=O) groups is 1. The third-order valence-corrected chi connectivity index (χ3v) is 4.18. The molecule has 1 aromatic heterocycles. The van der Waals surface area contributed by atoms with Crippen LogP contribution in [0.15, 0.2) is 60.9 Å². The summed E-state index contributed by atoms with van der Waals surface area (Å²) in [6.45, 7) is 0. The molecule has 1 atom stereocenters. The zero-order valence-electron chi connectivity index (χ0n) is 14.6. The largest absolute Gasteiger partial charge is 0.497 e. The van der Waals surface area contributed by atoms with Crippen molar-refractivity contribution < 1.29 is 13.9 Å². The molecule has 0 fully saturated rings. The molecule has 5 nitrogen and oxygen atoms in total. The number of halogens is 1. The van der Waals surface area contributed by atoms with Crippen molar-refractivity contribution in [1.82, 2.24) is 14.9 Å². The van der Waals surface area contributed by atoms with E-state index in [1.165, 1.54) is 6.07 Å². The Morgan fingerprint density at radius 3 is 2.58 bits per heavy atom. The predicted octanol–water partition coefficient (Wildman–Crippen LogP) is 3.02. The van der Waals surface area contributed by atoms with Gasteiger partial charge in [0.05, 0.1) is 13.5 Å². The molecule has 0 spiro atoms. The Kier molecular flexibility index (Phi) is 5.31. The van der Waals surface area contributed by atoms with Gasteiger partial charge in [-0.15, -0.1) is 0 Å². The fourth-order valence-electron chi connectivity index (χ4n) is 2.78. The van der Waals surface area contributed by atoms with Gasteiger partial charge in [0.2, 0.25) is 5.91 Å². The number of benzene rings is 2. The lowest BCUT2D eigenvalue weighted by molar-refractivity contribution is -0.121. The van der Waals surface area contributed by atoms with Crippen molar-refractivity contribution in [3.8, 4) is 5.75 Å². The minimum atomic E-state index is -0.444. The van der Waals surface area contributed by atoms with Gasteiger partial charge in [-0.3, -0.25) is 4.79 Å². The van der Waals surface area contributed by atoms with E-state index in [9.17, 15) is 9.18 Å². The number of imidazole rings is 1. The number of nitrogens with zero attached hydrogens (tertiary/aromatic N) is 2. The maximum absolute atomic E-state index is 13.8. The average molecular weight is 353 g/mol. The smallest absolute Gasteiger partial charge is 0.225 e. The zero-order chi connectivity index (χ0) is 18.5. The van der Waals surface area contributed by atoms with Crippen LogP contribution in [0.2, 0.25) is 0 Å². The van der Waals surface area contributed by atoms with Crippen molar-refractivity contribution in [1.29, 1.82) is 0 Å². The molecule has 26 heavy (non-hydrogen) atoms. The molecule has 6 heteroatoms. The third-order valence-electron chi connectivity index (χ3n) is 4.18. The van der Waals surface area contributed by atoms with Crippen LogP contribution < -0.4 is 10.1 Å². The fraction of sp³-hybridized carbons (Fsp3) is 0.200. The molecule has 2 aromatic carbocycles. The Bertz CT molecular complexity index is 890. The Hall–Kier alpha value is -3.15. The Balaban J connectivity index is 1.85. The summed E-state index contributed by atoms with van der Waals surface area (Å²) in [5, 5.41) is 2.96. The summed E-state index contributed by atoms with van der Waals surface area (Å²) in [4.78, 5) is 16.9. The number of aromatic nitrogens is 2. The van der Waals surface area contributed by atoms with Gasteiger partial charge < -0.3 is 14.6 Å². The number of nitrogens with one attached hydrogen (secondary N) is 1. The summed E-state index contributed by atoms with van der Waals surface area (Å²) in [6, 6.07) is 13.2. The predicted molar refractivity (Wildman–Crippen MR) is 96.3 cm³/mol. The Morgan fingerprint density at radius 2 is 1.96 bits per heavy atom. The van der Waals surface area contributed by atoms with Gasteiger partial charge >= 0.3 is 0 Å². The maximum atomic E-state index is 13.8. The van der Waals surface area contributed by atoms with E-state index in [0.29, 0.717) is 11.4 Å². The van der Waals surface area contributed by atoms with Gasteiger partial charge in [0.1, 0.15) is 23.4 Å². The lowest BCUT2D eigenvalue weighted by Crippen LogP contribution is -2.32. The van der Waals surface area contributed by atoms with Crippen LogP contribution in [0.4, 0.5) is 4.39 Å². The van der Waals surface area contributed by atoms with Crippen LogP contribution in [-0.2, 0) is 18.3 Å². The van der Waals surface area contributed by atoms with Crippen molar-refractivity contribution in [2.24, 2.45) is 7.05 Å². The van der Waals surface area contributed by atoms with E-state index in [-0.39, 0.29) is 18.1 Å². The number of hydrogen-bond donors (Lipinski definition) is 1. The second-order valence-corrected chi connectivity index (χ2v) is 5.94. The molecule has 0 aliphatic carbocycles. The number of hydrogen-bond acceptors (Lipinski definition) is 3. The molecule has 0 saturated heterocycles. The van der Waals surface area contributed by atoms with Crippen molar-refractivity contribution in [3.05, 3.63) is 83.7 Å². The monoisotopic (exact) mass is 353 g/mol. The minimum absolute atomic E-state index is 0.0379. The zero-order valence-corrected chi connectivity index (χ0v) is 14.6. The molecule has 0 aliphatic heterocycles. The fourth-order valence-corrected chi connectivity index (χ4v) is 2.78. The van der Waals surface area contributed by atoms with Gasteiger partial charge in [-0.1, -0.05) is 30.3 Å². The van der Waals surface area contributed by atoms with Crippen LogP contribution in [0.5, 0.6) is 5.75 Å². The first-order chi connectivity index (χ1) is 12.6.